The van der Waals surface area contributed by atoms with Crippen molar-refractivity contribution in [2.75, 3.05) is 26.6 Å². The van der Waals surface area contributed by atoms with Crippen molar-refractivity contribution in [3.05, 3.63) is 18.2 Å². The molecule has 182 valence electrons. The van der Waals surface area contributed by atoms with Crippen LogP contribution in [0.25, 0.3) is 0 Å². The summed E-state index contributed by atoms with van der Waals surface area (Å²) in [5.74, 6) is 1.20. The van der Waals surface area contributed by atoms with E-state index in [2.05, 4.69) is 32.4 Å². The molecular weight excluding hydrogens is 428 g/mol. The molecule has 0 N–H and O–H groups in total. The second-order valence-corrected chi connectivity index (χ2v) is 12.6. The van der Waals surface area contributed by atoms with Gasteiger partial charge in [-0.3, -0.25) is 0 Å². The molecular formula is C25H40O6S. The molecule has 1 unspecified atom stereocenters. The summed E-state index contributed by atoms with van der Waals surface area (Å²) in [6.07, 6.45) is 5.67. The number of ether oxygens (including phenoxy) is 3. The SMILES string of the molecule is COC(=O)COc1cc(OC)cc(S(=O)(=O)C[C@H]2[C@@H](C)CCC3C(C)(C)CCC[C@@]32C)c1.[HH]. The Labute approximate surface area is 194 Å². The quantitative estimate of drug-likeness (QED) is 0.515. The van der Waals surface area contributed by atoms with Gasteiger partial charge in [0.05, 0.1) is 24.9 Å². The number of sulfone groups is 1. The van der Waals surface area contributed by atoms with E-state index in [0.29, 0.717) is 17.6 Å². The first-order valence-electron chi connectivity index (χ1n) is 11.5. The molecule has 0 aromatic heterocycles. The highest BCUT2D eigenvalue weighted by molar-refractivity contribution is 7.91. The molecule has 0 spiro atoms. The van der Waals surface area contributed by atoms with Gasteiger partial charge < -0.3 is 14.2 Å². The van der Waals surface area contributed by atoms with Gasteiger partial charge in [0.1, 0.15) is 11.5 Å². The molecule has 0 heterocycles. The first kappa shape index (κ1) is 24.9. The number of hydrogen-bond acceptors (Lipinski definition) is 6. The normalized spacial score (nSPS) is 29.6. The van der Waals surface area contributed by atoms with Crippen molar-refractivity contribution < 1.29 is 28.8 Å². The van der Waals surface area contributed by atoms with Gasteiger partial charge >= 0.3 is 5.97 Å². The van der Waals surface area contributed by atoms with Gasteiger partial charge in [0.2, 0.25) is 0 Å². The highest BCUT2D eigenvalue weighted by Crippen LogP contribution is 2.61. The van der Waals surface area contributed by atoms with Crippen molar-refractivity contribution in [1.29, 1.82) is 0 Å². The predicted octanol–water partition coefficient (Wildman–Crippen LogP) is 5.15. The van der Waals surface area contributed by atoms with Crippen LogP contribution in [-0.4, -0.2) is 41.0 Å². The van der Waals surface area contributed by atoms with Crippen molar-refractivity contribution in [3.63, 3.8) is 0 Å². The third-order valence-corrected chi connectivity index (χ3v) is 9.90. The van der Waals surface area contributed by atoms with Crippen LogP contribution >= 0.6 is 0 Å². The monoisotopic (exact) mass is 468 g/mol. The van der Waals surface area contributed by atoms with E-state index in [-0.39, 0.29) is 41.2 Å². The van der Waals surface area contributed by atoms with E-state index in [0.717, 1.165) is 19.3 Å². The highest BCUT2D eigenvalue weighted by Gasteiger charge is 2.54. The van der Waals surface area contributed by atoms with Gasteiger partial charge in [-0.2, -0.15) is 0 Å². The first-order chi connectivity index (χ1) is 14.9. The average Bonchev–Trinajstić information content (AvgIpc) is 2.73. The summed E-state index contributed by atoms with van der Waals surface area (Å²) < 4.78 is 42.6. The smallest absolute Gasteiger partial charge is 0.343 e. The Balaban J connectivity index is 0.00000385. The van der Waals surface area contributed by atoms with Crippen LogP contribution in [0.15, 0.2) is 23.1 Å². The summed E-state index contributed by atoms with van der Waals surface area (Å²) >= 11 is 0. The molecule has 0 amide bonds. The molecule has 0 saturated heterocycles. The Morgan fingerprint density at radius 1 is 1.09 bits per heavy atom. The summed E-state index contributed by atoms with van der Waals surface area (Å²) in [5.41, 5.74) is 0.246. The molecule has 7 heteroatoms. The Hall–Kier alpha value is -1.76. The number of carbonyl (C=O) groups excluding carboxylic acids is 1. The van der Waals surface area contributed by atoms with E-state index >= 15 is 0 Å². The van der Waals surface area contributed by atoms with Crippen LogP contribution in [0.4, 0.5) is 0 Å². The van der Waals surface area contributed by atoms with E-state index in [1.807, 2.05) is 0 Å². The van der Waals surface area contributed by atoms with E-state index in [1.54, 1.807) is 12.1 Å². The number of fused-ring (bicyclic) bond motifs is 1. The van der Waals surface area contributed by atoms with Crippen LogP contribution in [0.3, 0.4) is 0 Å². The molecule has 2 aliphatic rings. The van der Waals surface area contributed by atoms with E-state index in [9.17, 15) is 13.2 Å². The third-order valence-electron chi connectivity index (χ3n) is 8.15. The number of esters is 1. The van der Waals surface area contributed by atoms with Gasteiger partial charge in [0.25, 0.3) is 0 Å². The zero-order valence-corrected chi connectivity index (χ0v) is 21.1. The summed E-state index contributed by atoms with van der Waals surface area (Å²) in [7, 11) is -0.837. The van der Waals surface area contributed by atoms with Gasteiger partial charge in [0, 0.05) is 7.49 Å². The molecule has 3 rings (SSSR count). The van der Waals surface area contributed by atoms with Crippen LogP contribution in [0, 0.1) is 28.6 Å². The summed E-state index contributed by atoms with van der Waals surface area (Å²) in [5, 5.41) is 0. The molecule has 1 aromatic carbocycles. The predicted molar refractivity (Wildman–Crippen MR) is 126 cm³/mol. The summed E-state index contributed by atoms with van der Waals surface area (Å²) in [6, 6.07) is 4.60. The number of benzene rings is 1. The zero-order chi connectivity index (χ0) is 23.7. The van der Waals surface area contributed by atoms with Crippen molar-refractivity contribution in [2.45, 2.75) is 64.7 Å². The maximum absolute atomic E-state index is 13.6. The van der Waals surface area contributed by atoms with Crippen LogP contribution in [0.2, 0.25) is 0 Å². The Bertz CT molecular complexity index is 944. The van der Waals surface area contributed by atoms with Crippen LogP contribution in [0.1, 0.15) is 61.2 Å². The lowest BCUT2D eigenvalue weighted by atomic mass is 9.47. The molecule has 2 saturated carbocycles. The standard InChI is InChI=1S/C25H38O6S.H2/c1-17-8-9-22-24(2,3)10-7-11-25(22,4)21(17)16-32(27,28)20-13-18(29-5)12-19(14-20)31-15-23(26)30-6;/h12-14,17,21-22H,7-11,15-16H2,1-6H3;1H/t17-,21-,22?,25+;/m0./s1. The van der Waals surface area contributed by atoms with Gasteiger partial charge in [-0.15, -0.1) is 0 Å². The second kappa shape index (κ2) is 9.24. The Morgan fingerprint density at radius 3 is 2.44 bits per heavy atom. The molecule has 32 heavy (non-hydrogen) atoms. The minimum Gasteiger partial charge on any atom is -0.497 e. The van der Waals surface area contributed by atoms with Crippen LogP contribution in [-0.2, 0) is 19.4 Å². The molecule has 2 fully saturated rings. The molecule has 0 bridgehead atoms. The number of methoxy groups -OCH3 is 2. The van der Waals surface area contributed by atoms with Gasteiger partial charge in [-0.25, -0.2) is 13.2 Å². The molecule has 6 nitrogen and oxygen atoms in total. The lowest BCUT2D eigenvalue weighted by molar-refractivity contribution is -0.142. The van der Waals surface area contributed by atoms with E-state index in [4.69, 9.17) is 9.47 Å². The molecule has 0 radical (unpaired) electrons. The molecule has 1 aromatic rings. The topological polar surface area (TPSA) is 78.9 Å². The number of hydrogen-bond donors (Lipinski definition) is 0. The summed E-state index contributed by atoms with van der Waals surface area (Å²) in [4.78, 5) is 11.6. The Morgan fingerprint density at radius 2 is 1.78 bits per heavy atom. The van der Waals surface area contributed by atoms with E-state index in [1.165, 1.54) is 33.1 Å². The van der Waals surface area contributed by atoms with Crippen LogP contribution in [0.5, 0.6) is 11.5 Å². The Kier molecular flexibility index (Phi) is 7.18. The van der Waals surface area contributed by atoms with Crippen molar-refractivity contribution in [2.24, 2.45) is 28.6 Å². The maximum Gasteiger partial charge on any atom is 0.343 e. The van der Waals surface area contributed by atoms with Crippen molar-refractivity contribution in [1.82, 2.24) is 0 Å². The first-order valence-corrected chi connectivity index (χ1v) is 13.2. The molecule has 0 aliphatic heterocycles. The van der Waals surface area contributed by atoms with Crippen molar-refractivity contribution >= 4 is 15.8 Å². The van der Waals surface area contributed by atoms with Gasteiger partial charge in [-0.1, -0.05) is 40.5 Å². The number of rotatable bonds is 7. The van der Waals surface area contributed by atoms with Crippen LogP contribution < -0.4 is 9.47 Å². The lowest BCUT2D eigenvalue weighted by Crippen LogP contribution is -2.52. The maximum atomic E-state index is 13.6. The summed E-state index contributed by atoms with van der Waals surface area (Å²) in [6.45, 7) is 8.94. The fourth-order valence-electron chi connectivity index (χ4n) is 6.43. The van der Waals surface area contributed by atoms with Crippen molar-refractivity contribution in [3.8, 4) is 11.5 Å². The van der Waals surface area contributed by atoms with Gasteiger partial charge in [0.15, 0.2) is 16.4 Å². The van der Waals surface area contributed by atoms with E-state index < -0.39 is 15.8 Å². The second-order valence-electron chi connectivity index (χ2n) is 10.6. The molecule has 2 aliphatic carbocycles. The van der Waals surface area contributed by atoms with Gasteiger partial charge in [-0.05, 0) is 60.0 Å². The fraction of sp³-hybridized carbons (Fsp3) is 0.720. The molecule has 4 atom stereocenters. The largest absolute Gasteiger partial charge is 0.497 e. The average molecular weight is 469 g/mol. The number of carbonyl (C=O) groups is 1. The minimum absolute atomic E-state index is 0. The fourth-order valence-corrected chi connectivity index (χ4v) is 8.39. The highest BCUT2D eigenvalue weighted by atomic mass is 32.2. The minimum atomic E-state index is -3.59. The third kappa shape index (κ3) is 4.92. The lowest BCUT2D eigenvalue weighted by Gasteiger charge is -2.59. The zero-order valence-electron chi connectivity index (χ0n) is 20.3.